The van der Waals surface area contributed by atoms with E-state index >= 15 is 0 Å². The Kier molecular flexibility index (Phi) is 5.62. The Morgan fingerprint density at radius 1 is 1.43 bits per heavy atom. The Morgan fingerprint density at radius 3 is 2.91 bits per heavy atom. The Hall–Kier alpha value is -1.63. The zero-order chi connectivity index (χ0) is 15.7. The van der Waals surface area contributed by atoms with E-state index in [1.165, 1.54) is 0 Å². The second-order valence-corrected chi connectivity index (χ2v) is 5.90. The van der Waals surface area contributed by atoms with Gasteiger partial charge in [-0.05, 0) is 32.0 Å². The lowest BCUT2D eigenvalue weighted by Gasteiger charge is -2.33. The van der Waals surface area contributed by atoms with Crippen molar-refractivity contribution in [2.45, 2.75) is 19.9 Å². The molecule has 0 aliphatic carbocycles. The SMILES string of the molecule is Cc1c(C(=O)N2CCNC[C@@H]2C)nnn1-c1cccc(Cl)c1.Cl. The number of amides is 1. The number of carbonyl (C=O) groups is 1. The third-order valence-electron chi connectivity index (χ3n) is 3.91. The topological polar surface area (TPSA) is 63.1 Å². The van der Waals surface area contributed by atoms with Crippen molar-refractivity contribution in [1.82, 2.24) is 25.2 Å². The summed E-state index contributed by atoms with van der Waals surface area (Å²) in [5, 5.41) is 12.1. The van der Waals surface area contributed by atoms with Gasteiger partial charge in [-0.2, -0.15) is 0 Å². The van der Waals surface area contributed by atoms with Gasteiger partial charge in [0.15, 0.2) is 5.69 Å². The van der Waals surface area contributed by atoms with Gasteiger partial charge in [0.05, 0.1) is 11.4 Å². The van der Waals surface area contributed by atoms with Crippen LogP contribution in [-0.4, -0.2) is 51.5 Å². The molecule has 0 bridgehead atoms. The highest BCUT2D eigenvalue weighted by Gasteiger charge is 2.28. The molecule has 1 atom stereocenters. The van der Waals surface area contributed by atoms with Crippen molar-refractivity contribution in [3.8, 4) is 5.69 Å². The van der Waals surface area contributed by atoms with E-state index in [1.807, 2.05) is 30.9 Å². The maximum absolute atomic E-state index is 12.7. The number of carbonyl (C=O) groups excluding carboxylic acids is 1. The van der Waals surface area contributed by atoms with Crippen molar-refractivity contribution in [2.75, 3.05) is 19.6 Å². The summed E-state index contributed by atoms with van der Waals surface area (Å²) in [6.07, 6.45) is 0. The number of hydrogen-bond acceptors (Lipinski definition) is 4. The second-order valence-electron chi connectivity index (χ2n) is 5.47. The van der Waals surface area contributed by atoms with Gasteiger partial charge < -0.3 is 10.2 Å². The van der Waals surface area contributed by atoms with Crippen molar-refractivity contribution in [1.29, 1.82) is 0 Å². The van der Waals surface area contributed by atoms with E-state index in [1.54, 1.807) is 16.8 Å². The van der Waals surface area contributed by atoms with Crippen LogP contribution in [0.3, 0.4) is 0 Å². The molecule has 2 aromatic rings. The predicted molar refractivity (Wildman–Crippen MR) is 91.7 cm³/mol. The number of nitrogens with one attached hydrogen (secondary N) is 1. The number of aromatic nitrogens is 3. The van der Waals surface area contributed by atoms with Crippen LogP contribution in [0.15, 0.2) is 24.3 Å². The highest BCUT2D eigenvalue weighted by molar-refractivity contribution is 6.30. The molecule has 1 aromatic heterocycles. The molecular weight excluding hydrogens is 337 g/mol. The molecule has 1 fully saturated rings. The first-order valence-electron chi connectivity index (χ1n) is 7.28. The molecule has 1 amide bonds. The Balaban J connectivity index is 0.00000192. The van der Waals surface area contributed by atoms with E-state index < -0.39 is 0 Å². The van der Waals surface area contributed by atoms with Crippen molar-refractivity contribution in [3.05, 3.63) is 40.7 Å². The average molecular weight is 356 g/mol. The fourth-order valence-electron chi connectivity index (χ4n) is 2.66. The zero-order valence-electron chi connectivity index (χ0n) is 13.0. The first-order valence-corrected chi connectivity index (χ1v) is 7.65. The van der Waals surface area contributed by atoms with E-state index in [9.17, 15) is 4.79 Å². The number of benzene rings is 1. The van der Waals surface area contributed by atoms with Gasteiger partial charge in [-0.1, -0.05) is 22.9 Å². The first-order chi connectivity index (χ1) is 10.6. The molecule has 1 N–H and O–H groups in total. The molecule has 3 rings (SSSR count). The molecular formula is C15H19Cl2N5O. The second kappa shape index (κ2) is 7.29. The standard InChI is InChI=1S/C15H18ClN5O.ClH/c1-10-9-17-6-7-20(10)15(22)14-11(2)21(19-18-14)13-5-3-4-12(16)8-13;/h3-5,8,10,17H,6-7,9H2,1-2H3;1H/t10-;/m0./s1. The van der Waals surface area contributed by atoms with Gasteiger partial charge in [0.2, 0.25) is 0 Å². The maximum Gasteiger partial charge on any atom is 0.276 e. The number of rotatable bonds is 2. The van der Waals surface area contributed by atoms with Gasteiger partial charge in [0.25, 0.3) is 5.91 Å². The largest absolute Gasteiger partial charge is 0.332 e. The van der Waals surface area contributed by atoms with Crippen LogP contribution in [0.5, 0.6) is 0 Å². The minimum absolute atomic E-state index is 0. The number of hydrogen-bond donors (Lipinski definition) is 1. The van der Waals surface area contributed by atoms with E-state index in [2.05, 4.69) is 15.6 Å². The lowest BCUT2D eigenvalue weighted by molar-refractivity contribution is 0.0649. The van der Waals surface area contributed by atoms with Gasteiger partial charge in [0, 0.05) is 30.7 Å². The summed E-state index contributed by atoms with van der Waals surface area (Å²) in [5.74, 6) is -0.0696. The van der Waals surface area contributed by atoms with Crippen LogP contribution in [0.25, 0.3) is 5.69 Å². The smallest absolute Gasteiger partial charge is 0.276 e. The molecule has 1 aromatic carbocycles. The highest BCUT2D eigenvalue weighted by atomic mass is 35.5. The molecule has 8 heteroatoms. The predicted octanol–water partition coefficient (Wildman–Crippen LogP) is 2.08. The summed E-state index contributed by atoms with van der Waals surface area (Å²) in [6.45, 7) is 6.16. The lowest BCUT2D eigenvalue weighted by atomic mass is 10.2. The van der Waals surface area contributed by atoms with Crippen molar-refractivity contribution < 1.29 is 4.79 Å². The van der Waals surface area contributed by atoms with Crippen LogP contribution >= 0.6 is 24.0 Å². The number of nitrogens with zero attached hydrogens (tertiary/aromatic N) is 4. The maximum atomic E-state index is 12.7. The highest BCUT2D eigenvalue weighted by Crippen LogP contribution is 2.18. The molecule has 1 aliphatic rings. The minimum Gasteiger partial charge on any atom is -0.332 e. The van der Waals surface area contributed by atoms with Gasteiger partial charge in [-0.25, -0.2) is 4.68 Å². The summed E-state index contributed by atoms with van der Waals surface area (Å²) >= 11 is 6.01. The van der Waals surface area contributed by atoms with Crippen molar-refractivity contribution in [3.63, 3.8) is 0 Å². The summed E-state index contributed by atoms with van der Waals surface area (Å²) in [4.78, 5) is 14.5. The molecule has 0 saturated carbocycles. The summed E-state index contributed by atoms with van der Waals surface area (Å²) in [6, 6.07) is 7.47. The molecule has 2 heterocycles. The summed E-state index contributed by atoms with van der Waals surface area (Å²) < 4.78 is 1.64. The minimum atomic E-state index is -0.0696. The Labute approximate surface area is 146 Å². The van der Waals surface area contributed by atoms with Gasteiger partial charge in [-0.3, -0.25) is 4.79 Å². The molecule has 23 heavy (non-hydrogen) atoms. The summed E-state index contributed by atoms with van der Waals surface area (Å²) in [7, 11) is 0. The Bertz CT molecular complexity index is 703. The van der Waals surface area contributed by atoms with Crippen LogP contribution in [0, 0.1) is 6.92 Å². The van der Waals surface area contributed by atoms with E-state index in [-0.39, 0.29) is 24.4 Å². The van der Waals surface area contributed by atoms with Crippen LogP contribution < -0.4 is 5.32 Å². The Morgan fingerprint density at radius 2 is 2.22 bits per heavy atom. The van der Waals surface area contributed by atoms with Crippen LogP contribution in [0.1, 0.15) is 23.1 Å². The van der Waals surface area contributed by atoms with Crippen molar-refractivity contribution >= 4 is 29.9 Å². The van der Waals surface area contributed by atoms with Gasteiger partial charge in [0.1, 0.15) is 0 Å². The molecule has 6 nitrogen and oxygen atoms in total. The van der Waals surface area contributed by atoms with Crippen LogP contribution in [-0.2, 0) is 0 Å². The number of halogens is 2. The monoisotopic (exact) mass is 355 g/mol. The number of piperazine rings is 1. The van der Waals surface area contributed by atoms with E-state index in [0.717, 1.165) is 24.5 Å². The molecule has 0 radical (unpaired) electrons. The third kappa shape index (κ3) is 3.49. The van der Waals surface area contributed by atoms with Crippen molar-refractivity contribution in [2.24, 2.45) is 0 Å². The van der Waals surface area contributed by atoms with E-state index in [4.69, 9.17) is 11.6 Å². The lowest BCUT2D eigenvalue weighted by Crippen LogP contribution is -2.52. The quantitative estimate of drug-likeness (QED) is 0.895. The van der Waals surface area contributed by atoms with Crippen LogP contribution in [0.4, 0.5) is 0 Å². The molecule has 1 saturated heterocycles. The normalized spacial score (nSPS) is 17.7. The molecule has 124 valence electrons. The molecule has 0 unspecified atom stereocenters. The molecule has 1 aliphatic heterocycles. The fraction of sp³-hybridized carbons (Fsp3) is 0.400. The third-order valence-corrected chi connectivity index (χ3v) is 4.15. The molecule has 0 spiro atoms. The summed E-state index contributed by atoms with van der Waals surface area (Å²) in [5.41, 5.74) is 1.91. The first kappa shape index (κ1) is 17.7. The zero-order valence-corrected chi connectivity index (χ0v) is 14.6. The van der Waals surface area contributed by atoms with Gasteiger partial charge >= 0.3 is 0 Å². The van der Waals surface area contributed by atoms with Crippen LogP contribution in [0.2, 0.25) is 5.02 Å². The van der Waals surface area contributed by atoms with Gasteiger partial charge in [-0.15, -0.1) is 17.5 Å². The fourth-order valence-corrected chi connectivity index (χ4v) is 2.84. The van der Waals surface area contributed by atoms with E-state index in [0.29, 0.717) is 17.3 Å². The average Bonchev–Trinajstić information content (AvgIpc) is 2.89.